The molecule has 21 N–H and O–H groups in total. The number of ether oxygens (including phenoxy) is 4. The van der Waals surface area contributed by atoms with E-state index in [1.807, 2.05) is 0 Å². The molecule has 1 aliphatic carbocycles. The van der Waals surface area contributed by atoms with E-state index in [1.165, 1.54) is 0 Å². The summed E-state index contributed by atoms with van der Waals surface area (Å²) in [6, 6.07) is -3.07. The van der Waals surface area contributed by atoms with Gasteiger partial charge >= 0.3 is 20.8 Å². The molecule has 3 fully saturated rings. The van der Waals surface area contributed by atoms with E-state index in [2.05, 4.69) is 5.32 Å². The van der Waals surface area contributed by atoms with Gasteiger partial charge in [0.25, 0.3) is 0 Å². The van der Waals surface area contributed by atoms with Crippen LogP contribution < -0.4 is 28.3 Å². The van der Waals surface area contributed by atoms with Crippen molar-refractivity contribution in [3.05, 3.63) is 0 Å². The van der Waals surface area contributed by atoms with E-state index in [0.717, 1.165) is 0 Å². The summed E-state index contributed by atoms with van der Waals surface area (Å²) in [4.78, 5) is 12.0. The van der Waals surface area contributed by atoms with Crippen LogP contribution in [-0.2, 0) is 44.5 Å². The van der Waals surface area contributed by atoms with Gasteiger partial charge in [0.2, 0.25) is 5.91 Å². The zero-order chi connectivity index (χ0) is 38.9. The molecule has 0 aromatic carbocycles. The second-order valence-electron chi connectivity index (χ2n) is 11.3. The maximum Gasteiger partial charge on any atom is 0.394 e. The van der Waals surface area contributed by atoms with Gasteiger partial charge in [-0.1, -0.05) is 0 Å². The summed E-state index contributed by atoms with van der Waals surface area (Å²) in [5.41, 5.74) is 23.4. The molecule has 1 amide bonds. The number of carbonyl (C=O) groups is 1. The van der Waals surface area contributed by atoms with Crippen LogP contribution in [0.3, 0.4) is 0 Å². The van der Waals surface area contributed by atoms with Gasteiger partial charge in [0.05, 0.1) is 12.6 Å². The highest BCUT2D eigenvalue weighted by molar-refractivity contribution is 7.80. The van der Waals surface area contributed by atoms with Crippen LogP contribution in [0.4, 0.5) is 0 Å². The van der Waals surface area contributed by atoms with Crippen molar-refractivity contribution < 1.29 is 99.6 Å². The lowest BCUT2D eigenvalue weighted by molar-refractivity contribution is -0.332. The maximum atomic E-state index is 12.0. The molecule has 0 radical (unpaired) electrons. The third-order valence-electron chi connectivity index (χ3n) is 7.47. The van der Waals surface area contributed by atoms with Crippen LogP contribution >= 0.6 is 0 Å². The van der Waals surface area contributed by atoms with Crippen molar-refractivity contribution in [3.8, 4) is 0 Å². The first-order valence-corrected chi connectivity index (χ1v) is 17.2. The topological polar surface area (TPSA) is 481 Å². The average molecular weight is 782 g/mol. The summed E-state index contributed by atoms with van der Waals surface area (Å²) in [6.45, 7) is -0.953. The Kier molecular flexibility index (Phi) is 18.8. The number of hydrogen-bond acceptors (Lipinski definition) is 21. The maximum absolute atomic E-state index is 12.0. The summed E-state index contributed by atoms with van der Waals surface area (Å²) >= 11 is 0. The normalized spacial score (nSPS) is 40.0. The standard InChI is InChI=1S/C22H43N5O13.2H2O4S/c23-2-1-8(29)20(36)27-4-9-13(31)15(33)16(34)22(37-9)40-19-7(25)3-6(24)18(17(19)35)39-21-14(32)11(26)12(30)10(5-28)38-21;2*1-5(2,3)4/h6-19,21-22,28-35H,1-5,23-26H2,(H,27,36);2*(H2,1,2,3,4)/t6-,7+,8+,9?,10?,11-,12-,13-,14?,15-,16?,17-,18+,19-,21-,22+;;/m1../s1. The van der Waals surface area contributed by atoms with Gasteiger partial charge in [0.1, 0.15) is 67.1 Å². The first-order valence-electron chi connectivity index (χ1n) is 14.5. The molecule has 16 atom stereocenters. The number of nitrogens with one attached hydrogen (secondary N) is 1. The number of aliphatic hydroxyl groups is 8. The quantitative estimate of drug-likeness (QED) is 0.0915. The van der Waals surface area contributed by atoms with Crippen molar-refractivity contribution in [2.45, 2.75) is 111 Å². The Labute approximate surface area is 285 Å². The van der Waals surface area contributed by atoms with Crippen LogP contribution in [0, 0.1) is 0 Å². The molecule has 0 spiro atoms. The number of nitrogens with two attached hydrogens (primary N) is 4. The van der Waals surface area contributed by atoms with Crippen molar-refractivity contribution in [3.63, 3.8) is 0 Å². The van der Waals surface area contributed by atoms with Gasteiger partial charge in [0.15, 0.2) is 12.6 Å². The first kappa shape index (κ1) is 46.6. The zero-order valence-corrected chi connectivity index (χ0v) is 27.6. The Balaban J connectivity index is 0.00000109. The van der Waals surface area contributed by atoms with Gasteiger partial charge in [-0.25, -0.2) is 0 Å². The number of amides is 1. The fraction of sp³-hybridized carbons (Fsp3) is 0.955. The molecule has 3 rings (SSSR count). The molecule has 1 saturated carbocycles. The molecular weight excluding hydrogens is 734 g/mol. The van der Waals surface area contributed by atoms with Crippen molar-refractivity contribution in [2.75, 3.05) is 19.7 Å². The minimum absolute atomic E-state index is 0.00802. The highest BCUT2D eigenvalue weighted by atomic mass is 32.3. The van der Waals surface area contributed by atoms with Crippen LogP contribution in [0.1, 0.15) is 12.8 Å². The molecular formula is C22H47N5O21S2. The first-order chi connectivity index (χ1) is 22.8. The second kappa shape index (κ2) is 20.1. The fourth-order valence-electron chi connectivity index (χ4n) is 4.98. The lowest BCUT2D eigenvalue weighted by atomic mass is 9.84. The molecule has 0 aromatic rings. The molecule has 4 unspecified atom stereocenters. The van der Waals surface area contributed by atoms with Gasteiger partial charge < -0.3 is 88.1 Å². The van der Waals surface area contributed by atoms with E-state index in [1.54, 1.807) is 0 Å². The van der Waals surface area contributed by atoms with Gasteiger partial charge in [-0.05, 0) is 19.4 Å². The lowest BCUT2D eigenvalue weighted by Gasteiger charge is -2.48. The Morgan fingerprint density at radius 1 is 0.740 bits per heavy atom. The summed E-state index contributed by atoms with van der Waals surface area (Å²) in [5.74, 6) is -0.791. The van der Waals surface area contributed by atoms with Crippen LogP contribution in [0.25, 0.3) is 0 Å². The summed E-state index contributed by atoms with van der Waals surface area (Å²) < 4.78 is 85.6. The van der Waals surface area contributed by atoms with E-state index < -0.39 is 131 Å². The van der Waals surface area contributed by atoms with Gasteiger partial charge in [-0.2, -0.15) is 16.8 Å². The smallest absolute Gasteiger partial charge is 0.394 e. The van der Waals surface area contributed by atoms with E-state index in [9.17, 15) is 45.6 Å². The summed E-state index contributed by atoms with van der Waals surface area (Å²) in [6.07, 6.45) is -19.4. The highest BCUT2D eigenvalue weighted by Gasteiger charge is 2.51. The lowest BCUT2D eigenvalue weighted by Crippen LogP contribution is -2.68. The number of rotatable bonds is 10. The van der Waals surface area contributed by atoms with Crippen LogP contribution in [0.15, 0.2) is 0 Å². The van der Waals surface area contributed by atoms with Crippen LogP contribution in [0.5, 0.6) is 0 Å². The number of aliphatic hydroxyl groups excluding tert-OH is 8. The Bertz CT molecular complexity index is 1210. The van der Waals surface area contributed by atoms with E-state index in [4.69, 9.17) is 76.9 Å². The van der Waals surface area contributed by atoms with Crippen LogP contribution in [0.2, 0.25) is 0 Å². The van der Waals surface area contributed by atoms with Gasteiger partial charge in [0, 0.05) is 18.6 Å². The summed E-state index contributed by atoms with van der Waals surface area (Å²) in [5, 5.41) is 84.3. The molecule has 2 saturated heterocycles. The highest BCUT2D eigenvalue weighted by Crippen LogP contribution is 2.31. The van der Waals surface area contributed by atoms with Crippen molar-refractivity contribution in [2.24, 2.45) is 22.9 Å². The van der Waals surface area contributed by atoms with E-state index in [0.29, 0.717) is 0 Å². The third kappa shape index (κ3) is 14.9. The predicted octanol–water partition coefficient (Wildman–Crippen LogP) is -9.73. The largest absolute Gasteiger partial charge is 0.394 e. The summed E-state index contributed by atoms with van der Waals surface area (Å²) in [7, 11) is -9.33. The molecule has 0 bridgehead atoms. The molecule has 3 aliphatic rings. The van der Waals surface area contributed by atoms with Crippen molar-refractivity contribution in [1.82, 2.24) is 5.32 Å². The molecule has 0 aromatic heterocycles. The van der Waals surface area contributed by atoms with Crippen molar-refractivity contribution in [1.29, 1.82) is 0 Å². The second-order valence-corrected chi connectivity index (χ2v) is 13.1. The number of hydrogen-bond donors (Lipinski definition) is 17. The molecule has 298 valence electrons. The SMILES string of the molecule is NCC[C@H](O)C(=O)NCC1O[C@@H](O[C@H]2[C@H](O)[C@@H](O[C@H]3OC(CO)[C@@H](O)[C@@H](N)C3O)[C@H](N)C[C@@H]2N)C(O)[C@H](O)[C@@H]1O.O=S(=O)(O)O.O=S(=O)(O)O. The van der Waals surface area contributed by atoms with Gasteiger partial charge in [-0.3, -0.25) is 23.0 Å². The monoisotopic (exact) mass is 781 g/mol. The molecule has 50 heavy (non-hydrogen) atoms. The molecule has 2 heterocycles. The Morgan fingerprint density at radius 2 is 1.18 bits per heavy atom. The third-order valence-corrected chi connectivity index (χ3v) is 7.47. The van der Waals surface area contributed by atoms with Crippen molar-refractivity contribution >= 4 is 26.7 Å². The predicted molar refractivity (Wildman–Crippen MR) is 160 cm³/mol. The zero-order valence-electron chi connectivity index (χ0n) is 25.9. The Hall–Kier alpha value is -1.43. The average Bonchev–Trinajstić information content (AvgIpc) is 2.98. The van der Waals surface area contributed by atoms with E-state index in [-0.39, 0.29) is 25.9 Å². The minimum atomic E-state index is -4.67. The minimum Gasteiger partial charge on any atom is -0.394 e. The molecule has 26 nitrogen and oxygen atoms in total. The fourth-order valence-corrected chi connectivity index (χ4v) is 4.98. The number of carbonyl (C=O) groups excluding carboxylic acids is 1. The molecule has 28 heteroatoms. The van der Waals surface area contributed by atoms with E-state index >= 15 is 0 Å². The van der Waals surface area contributed by atoms with Gasteiger partial charge in [-0.15, -0.1) is 0 Å². The Morgan fingerprint density at radius 3 is 1.62 bits per heavy atom. The molecule has 2 aliphatic heterocycles. The van der Waals surface area contributed by atoms with Crippen LogP contribution in [-0.4, -0.2) is 199 Å².